The second-order valence-corrected chi connectivity index (χ2v) is 10.3. The molecule has 130 valence electrons. The van der Waals surface area contributed by atoms with E-state index in [1.807, 2.05) is 0 Å². The number of fused-ring (bicyclic) bond motifs is 2. The Kier molecular flexibility index (Phi) is 3.01. The summed E-state index contributed by atoms with van der Waals surface area (Å²) in [6, 6.07) is 0.773. The van der Waals surface area contributed by atoms with Gasteiger partial charge in [0, 0.05) is 24.7 Å². The van der Waals surface area contributed by atoms with Gasteiger partial charge in [0.2, 0.25) is 0 Å². The molecule has 0 radical (unpaired) electrons. The van der Waals surface area contributed by atoms with Crippen molar-refractivity contribution in [2.75, 3.05) is 13.2 Å². The molecule has 5 fully saturated rings. The van der Waals surface area contributed by atoms with Crippen LogP contribution in [0.3, 0.4) is 0 Å². The van der Waals surface area contributed by atoms with Crippen LogP contribution in [0, 0.1) is 34.5 Å². The topological polar surface area (TPSA) is 23.5 Å². The predicted octanol–water partition coefficient (Wildman–Crippen LogP) is 4.07. The van der Waals surface area contributed by atoms with Crippen LogP contribution in [-0.4, -0.2) is 34.7 Å². The maximum atomic E-state index is 10.1. The molecule has 8 unspecified atom stereocenters. The van der Waals surface area contributed by atoms with E-state index in [2.05, 4.69) is 25.7 Å². The highest BCUT2D eigenvalue weighted by atomic mass is 16.3. The number of aliphatic hydroxyl groups is 1. The number of nitrogens with zero attached hydrogens (tertiary/aromatic N) is 1. The van der Waals surface area contributed by atoms with Gasteiger partial charge in [-0.05, 0) is 79.4 Å². The normalized spacial score (nSPS) is 59.6. The summed E-state index contributed by atoms with van der Waals surface area (Å²) < 4.78 is 0. The third-order valence-electron chi connectivity index (χ3n) is 9.90. The Morgan fingerprint density at radius 1 is 1.13 bits per heavy atom. The van der Waals surface area contributed by atoms with Gasteiger partial charge >= 0.3 is 0 Å². The van der Waals surface area contributed by atoms with E-state index in [1.54, 1.807) is 0 Å². The van der Waals surface area contributed by atoms with Crippen molar-refractivity contribution in [3.8, 4) is 0 Å². The summed E-state index contributed by atoms with van der Waals surface area (Å²) in [6.45, 7) is 9.37. The smallest absolute Gasteiger partial charge is 0.0437 e. The quantitative estimate of drug-likeness (QED) is 0.848. The van der Waals surface area contributed by atoms with E-state index in [0.717, 1.165) is 36.1 Å². The largest absolute Gasteiger partial charge is 0.396 e. The van der Waals surface area contributed by atoms with E-state index in [4.69, 9.17) is 0 Å². The molecule has 8 atom stereocenters. The number of aliphatic hydroxyl groups excluding tert-OH is 1. The van der Waals surface area contributed by atoms with Gasteiger partial charge in [-0.25, -0.2) is 0 Å². The van der Waals surface area contributed by atoms with E-state index < -0.39 is 0 Å². The van der Waals surface area contributed by atoms with Crippen LogP contribution in [0.1, 0.15) is 72.1 Å². The molecule has 2 aliphatic carbocycles. The number of hydrogen-bond donors (Lipinski definition) is 1. The van der Waals surface area contributed by atoms with Gasteiger partial charge in [-0.2, -0.15) is 0 Å². The van der Waals surface area contributed by atoms with E-state index in [1.165, 1.54) is 51.5 Å². The van der Waals surface area contributed by atoms with Crippen molar-refractivity contribution in [2.45, 2.75) is 83.7 Å². The van der Waals surface area contributed by atoms with Crippen LogP contribution in [0.15, 0.2) is 0 Å². The number of piperidine rings is 2. The van der Waals surface area contributed by atoms with Crippen molar-refractivity contribution in [3.05, 3.63) is 0 Å². The lowest BCUT2D eigenvalue weighted by atomic mass is 9.42. The summed E-state index contributed by atoms with van der Waals surface area (Å²) in [7, 11) is 0. The summed E-state index contributed by atoms with van der Waals surface area (Å²) in [5.41, 5.74) is 1.45. The second-order valence-electron chi connectivity index (χ2n) is 10.3. The van der Waals surface area contributed by atoms with Crippen molar-refractivity contribution in [1.29, 1.82) is 0 Å². The minimum atomic E-state index is 0.407. The minimum Gasteiger partial charge on any atom is -0.396 e. The minimum absolute atomic E-state index is 0.407. The standard InChI is InChI=1S/C21H35NO/c1-14(2)16-7-9-19(3)15-6-10-20-8-4-5-17(20)21(19,11-12-23)18(16)22(20)13-15/h14-18,23H,4-13H2,1-3H3. The first-order valence-corrected chi connectivity index (χ1v) is 10.4. The van der Waals surface area contributed by atoms with Crippen LogP contribution in [-0.2, 0) is 0 Å². The third-order valence-corrected chi connectivity index (χ3v) is 9.90. The zero-order chi connectivity index (χ0) is 16.0. The first-order chi connectivity index (χ1) is 11.0. The summed E-state index contributed by atoms with van der Waals surface area (Å²) in [5.74, 6) is 3.42. The molecule has 3 saturated heterocycles. The van der Waals surface area contributed by atoms with Crippen LogP contribution >= 0.6 is 0 Å². The maximum absolute atomic E-state index is 10.1. The first kappa shape index (κ1) is 15.2. The molecule has 0 amide bonds. The zero-order valence-electron chi connectivity index (χ0n) is 15.4. The lowest BCUT2D eigenvalue weighted by molar-refractivity contribution is -0.184. The fourth-order valence-corrected chi connectivity index (χ4v) is 9.19. The lowest BCUT2D eigenvalue weighted by Gasteiger charge is -2.67. The summed E-state index contributed by atoms with van der Waals surface area (Å²) in [4.78, 5) is 3.07. The first-order valence-electron chi connectivity index (χ1n) is 10.4. The molecule has 3 heterocycles. The maximum Gasteiger partial charge on any atom is 0.0437 e. The van der Waals surface area contributed by atoms with E-state index in [0.29, 0.717) is 23.0 Å². The molecule has 1 N–H and O–H groups in total. The Morgan fingerprint density at radius 3 is 2.70 bits per heavy atom. The lowest BCUT2D eigenvalue weighted by Crippen LogP contribution is -2.68. The van der Waals surface area contributed by atoms with Crippen LogP contribution in [0.4, 0.5) is 0 Å². The highest BCUT2D eigenvalue weighted by molar-refractivity contribution is 5.30. The van der Waals surface area contributed by atoms with Crippen molar-refractivity contribution in [1.82, 2.24) is 4.90 Å². The second kappa shape index (κ2) is 4.55. The highest BCUT2D eigenvalue weighted by Gasteiger charge is 2.79. The van der Waals surface area contributed by atoms with Gasteiger partial charge in [-0.1, -0.05) is 27.2 Å². The molecule has 0 aromatic carbocycles. The Morgan fingerprint density at radius 2 is 1.96 bits per heavy atom. The van der Waals surface area contributed by atoms with Crippen molar-refractivity contribution in [2.24, 2.45) is 34.5 Å². The number of hydrogen-bond acceptors (Lipinski definition) is 2. The van der Waals surface area contributed by atoms with Crippen molar-refractivity contribution < 1.29 is 5.11 Å². The number of rotatable bonds is 3. The van der Waals surface area contributed by atoms with Gasteiger partial charge < -0.3 is 5.11 Å². The molecule has 5 aliphatic rings. The Bertz CT molecular complexity index is 518. The fraction of sp³-hybridized carbons (Fsp3) is 1.00. The van der Waals surface area contributed by atoms with Gasteiger partial charge in [0.05, 0.1) is 0 Å². The highest BCUT2D eigenvalue weighted by Crippen LogP contribution is 2.78. The van der Waals surface area contributed by atoms with Crippen LogP contribution in [0.25, 0.3) is 0 Å². The molecule has 2 nitrogen and oxygen atoms in total. The van der Waals surface area contributed by atoms with Gasteiger partial charge in [-0.15, -0.1) is 0 Å². The predicted molar refractivity (Wildman–Crippen MR) is 93.1 cm³/mol. The Labute approximate surface area is 142 Å². The molecule has 0 aromatic rings. The molecule has 2 heteroatoms. The zero-order valence-corrected chi connectivity index (χ0v) is 15.4. The molecule has 1 spiro atoms. The molecule has 0 aromatic heterocycles. The summed E-state index contributed by atoms with van der Waals surface area (Å²) in [6.07, 6.45) is 11.2. The summed E-state index contributed by atoms with van der Waals surface area (Å²) >= 11 is 0. The average molecular weight is 318 g/mol. The van der Waals surface area contributed by atoms with E-state index >= 15 is 0 Å². The van der Waals surface area contributed by atoms with Gasteiger partial charge in [0.15, 0.2) is 0 Å². The van der Waals surface area contributed by atoms with E-state index in [9.17, 15) is 5.11 Å². The van der Waals surface area contributed by atoms with E-state index in [-0.39, 0.29) is 0 Å². The van der Waals surface area contributed by atoms with Crippen LogP contribution in [0.2, 0.25) is 0 Å². The van der Waals surface area contributed by atoms with Crippen LogP contribution < -0.4 is 0 Å². The van der Waals surface area contributed by atoms with Crippen molar-refractivity contribution >= 4 is 0 Å². The van der Waals surface area contributed by atoms with Gasteiger partial charge in [-0.3, -0.25) is 4.90 Å². The monoisotopic (exact) mass is 317 g/mol. The van der Waals surface area contributed by atoms with Crippen molar-refractivity contribution in [3.63, 3.8) is 0 Å². The molecular formula is C21H35NO. The Hall–Kier alpha value is -0.0800. The molecule has 5 bridgehead atoms. The Balaban J connectivity index is 1.75. The molecule has 5 rings (SSSR count). The summed E-state index contributed by atoms with van der Waals surface area (Å²) in [5, 5.41) is 10.1. The van der Waals surface area contributed by atoms with Crippen LogP contribution in [0.5, 0.6) is 0 Å². The average Bonchev–Trinajstić information content (AvgIpc) is 2.98. The molecular weight excluding hydrogens is 282 g/mol. The van der Waals surface area contributed by atoms with Gasteiger partial charge in [0.1, 0.15) is 0 Å². The molecule has 23 heavy (non-hydrogen) atoms. The molecule has 2 saturated carbocycles. The SMILES string of the molecule is CC(C)C1CCC2(C)C3CCC45CCCC4C2(CCO)C1N5C3. The van der Waals surface area contributed by atoms with Gasteiger partial charge in [0.25, 0.3) is 0 Å². The third kappa shape index (κ3) is 1.43. The molecule has 3 aliphatic heterocycles. The fourth-order valence-electron chi connectivity index (χ4n) is 9.19.